The predicted molar refractivity (Wildman–Crippen MR) is 103 cm³/mol. The van der Waals surface area contributed by atoms with Crippen LogP contribution in [0.25, 0.3) is 64.8 Å². The highest BCUT2D eigenvalue weighted by Gasteiger charge is 2.19. The Morgan fingerprint density at radius 2 is 0.750 bits per heavy atom. The van der Waals surface area contributed by atoms with Crippen LogP contribution in [0.4, 0.5) is 0 Å². The van der Waals surface area contributed by atoms with Gasteiger partial charge in [0.05, 0.1) is 5.52 Å². The van der Waals surface area contributed by atoms with Crippen LogP contribution in [-0.2, 0) is 0 Å². The van der Waals surface area contributed by atoms with Crippen LogP contribution in [0, 0.1) is 0 Å². The topological polar surface area (TPSA) is 12.9 Å². The van der Waals surface area contributed by atoms with Crippen LogP contribution in [0.15, 0.2) is 66.9 Å². The Morgan fingerprint density at radius 3 is 1.29 bits per heavy atom. The first kappa shape index (κ1) is 11.4. The van der Waals surface area contributed by atoms with Crippen LogP contribution in [0.5, 0.6) is 0 Å². The molecule has 108 valence electrons. The lowest BCUT2D eigenvalue weighted by atomic mass is 9.84. The number of pyridine rings is 1. The molecule has 0 saturated heterocycles. The Bertz CT molecular complexity index is 1150. The summed E-state index contributed by atoms with van der Waals surface area (Å²) in [5.41, 5.74) is 1.10. The largest absolute Gasteiger partial charge is 0.256 e. The number of nitrogens with zero attached hydrogens (tertiary/aromatic N) is 1. The average molecular weight is 301 g/mol. The first-order valence-electron chi connectivity index (χ1n) is 8.32. The number of benzene rings is 6. The van der Waals surface area contributed by atoms with Gasteiger partial charge in [-0.3, -0.25) is 4.98 Å². The highest BCUT2D eigenvalue weighted by Crippen LogP contribution is 2.47. The maximum Gasteiger partial charge on any atom is 0.0715 e. The second-order valence-electron chi connectivity index (χ2n) is 6.84. The van der Waals surface area contributed by atoms with E-state index in [4.69, 9.17) is 4.98 Å². The standard InChI is InChI=1S/C23H11N/c1-3-13-5-6-15-9-10-17-23-21(15)19(13)18-12(1)2-4-14-7-8-16(11-24-17)22(23)20(14)18/h1-11H. The van der Waals surface area contributed by atoms with Crippen molar-refractivity contribution in [3.63, 3.8) is 0 Å². The van der Waals surface area contributed by atoms with E-state index in [-0.39, 0.29) is 0 Å². The molecule has 0 atom stereocenters. The van der Waals surface area contributed by atoms with Crippen molar-refractivity contribution >= 4 is 64.8 Å². The van der Waals surface area contributed by atoms with Gasteiger partial charge < -0.3 is 0 Å². The zero-order valence-electron chi connectivity index (χ0n) is 12.8. The Balaban J connectivity index is 2.11. The summed E-state index contributed by atoms with van der Waals surface area (Å²) in [6.45, 7) is 0. The van der Waals surface area contributed by atoms with Gasteiger partial charge in [0.2, 0.25) is 0 Å². The lowest BCUT2D eigenvalue weighted by Gasteiger charge is -2.19. The van der Waals surface area contributed by atoms with Gasteiger partial charge in [-0.05, 0) is 43.8 Å². The zero-order valence-corrected chi connectivity index (χ0v) is 12.8. The molecule has 1 nitrogen and oxygen atoms in total. The molecule has 1 heterocycles. The van der Waals surface area contributed by atoms with E-state index in [1.807, 2.05) is 6.20 Å². The third-order valence-corrected chi connectivity index (χ3v) is 5.73. The second kappa shape index (κ2) is 3.49. The van der Waals surface area contributed by atoms with Crippen LogP contribution in [0.3, 0.4) is 0 Å². The molecule has 7 rings (SSSR count). The summed E-state index contributed by atoms with van der Waals surface area (Å²) in [4.78, 5) is 4.74. The number of hydrogen-bond donors (Lipinski definition) is 0. The lowest BCUT2D eigenvalue weighted by Crippen LogP contribution is -1.93. The van der Waals surface area contributed by atoms with Gasteiger partial charge in [-0.25, -0.2) is 0 Å². The maximum atomic E-state index is 4.74. The van der Waals surface area contributed by atoms with Crippen molar-refractivity contribution in [3.05, 3.63) is 66.9 Å². The minimum absolute atomic E-state index is 1.10. The highest BCUT2D eigenvalue weighted by molar-refractivity contribution is 6.44. The molecule has 0 fully saturated rings. The molecule has 0 aliphatic carbocycles. The minimum Gasteiger partial charge on any atom is -0.256 e. The molecule has 1 heteroatoms. The van der Waals surface area contributed by atoms with E-state index in [0.717, 1.165) is 5.52 Å². The molecular weight excluding hydrogens is 290 g/mol. The minimum atomic E-state index is 1.10. The van der Waals surface area contributed by atoms with Gasteiger partial charge in [0.15, 0.2) is 0 Å². The van der Waals surface area contributed by atoms with Crippen molar-refractivity contribution < 1.29 is 0 Å². The molecule has 0 unspecified atom stereocenters. The third kappa shape index (κ3) is 1.07. The van der Waals surface area contributed by atoms with Gasteiger partial charge in [0.1, 0.15) is 0 Å². The molecule has 0 aliphatic heterocycles. The van der Waals surface area contributed by atoms with Crippen molar-refractivity contribution in [2.75, 3.05) is 0 Å². The normalized spacial score (nSPS) is 13.0. The Labute approximate surface area is 137 Å². The summed E-state index contributed by atoms with van der Waals surface area (Å²) in [5.74, 6) is 0. The summed E-state index contributed by atoms with van der Waals surface area (Å²) in [6, 6.07) is 22.3. The summed E-state index contributed by atoms with van der Waals surface area (Å²) >= 11 is 0. The fourth-order valence-corrected chi connectivity index (χ4v) is 4.75. The molecule has 0 bridgehead atoms. The number of aromatic nitrogens is 1. The average Bonchev–Trinajstić information content (AvgIpc) is 2.65. The molecule has 0 saturated carbocycles. The molecule has 1 aromatic heterocycles. The van der Waals surface area contributed by atoms with E-state index in [1.165, 1.54) is 59.2 Å². The van der Waals surface area contributed by atoms with Crippen LogP contribution in [0.1, 0.15) is 0 Å². The van der Waals surface area contributed by atoms with Gasteiger partial charge in [-0.15, -0.1) is 0 Å². The molecular formula is C23H11N. The lowest BCUT2D eigenvalue weighted by molar-refractivity contribution is 1.45. The van der Waals surface area contributed by atoms with Gasteiger partial charge in [-0.1, -0.05) is 54.6 Å². The summed E-state index contributed by atoms with van der Waals surface area (Å²) in [7, 11) is 0. The van der Waals surface area contributed by atoms with Crippen molar-refractivity contribution in [1.29, 1.82) is 0 Å². The summed E-state index contributed by atoms with van der Waals surface area (Å²) < 4.78 is 0. The number of hydrogen-bond acceptors (Lipinski definition) is 1. The molecule has 0 radical (unpaired) electrons. The van der Waals surface area contributed by atoms with Crippen LogP contribution < -0.4 is 0 Å². The third-order valence-electron chi connectivity index (χ3n) is 5.73. The van der Waals surface area contributed by atoms with Crippen LogP contribution in [-0.4, -0.2) is 4.98 Å². The van der Waals surface area contributed by atoms with Gasteiger partial charge in [0.25, 0.3) is 0 Å². The van der Waals surface area contributed by atoms with Gasteiger partial charge in [-0.2, -0.15) is 0 Å². The molecule has 7 aromatic rings. The maximum absolute atomic E-state index is 4.74. The van der Waals surface area contributed by atoms with Crippen molar-refractivity contribution in [2.24, 2.45) is 0 Å². The Hall–Kier alpha value is -3.19. The molecule has 24 heavy (non-hydrogen) atoms. The van der Waals surface area contributed by atoms with Crippen molar-refractivity contribution in [2.45, 2.75) is 0 Å². The molecule has 0 spiro atoms. The summed E-state index contributed by atoms with van der Waals surface area (Å²) in [6.07, 6.45) is 2.02. The molecule has 0 N–H and O–H groups in total. The Morgan fingerprint density at radius 1 is 0.375 bits per heavy atom. The van der Waals surface area contributed by atoms with Gasteiger partial charge >= 0.3 is 0 Å². The van der Waals surface area contributed by atoms with E-state index in [0.29, 0.717) is 0 Å². The van der Waals surface area contributed by atoms with Crippen molar-refractivity contribution in [1.82, 2.24) is 4.98 Å². The first-order valence-corrected chi connectivity index (χ1v) is 8.32. The van der Waals surface area contributed by atoms with Crippen LogP contribution in [0.2, 0.25) is 0 Å². The zero-order chi connectivity index (χ0) is 15.4. The predicted octanol–water partition coefficient (Wildman–Crippen LogP) is 6.31. The fourth-order valence-electron chi connectivity index (χ4n) is 4.75. The smallest absolute Gasteiger partial charge is 0.0715 e. The van der Waals surface area contributed by atoms with E-state index in [9.17, 15) is 0 Å². The second-order valence-corrected chi connectivity index (χ2v) is 6.84. The van der Waals surface area contributed by atoms with Crippen molar-refractivity contribution in [3.8, 4) is 0 Å². The van der Waals surface area contributed by atoms with Gasteiger partial charge in [0, 0.05) is 27.7 Å². The molecule has 0 aliphatic rings. The van der Waals surface area contributed by atoms with E-state index >= 15 is 0 Å². The van der Waals surface area contributed by atoms with Crippen LogP contribution >= 0.6 is 0 Å². The van der Waals surface area contributed by atoms with E-state index in [1.54, 1.807) is 0 Å². The highest BCUT2D eigenvalue weighted by atomic mass is 14.7. The molecule has 6 aromatic carbocycles. The fraction of sp³-hybridized carbons (Fsp3) is 0. The monoisotopic (exact) mass is 301 g/mol. The number of rotatable bonds is 0. The summed E-state index contributed by atoms with van der Waals surface area (Å²) in [5, 5.41) is 14.8. The SMILES string of the molecule is c1cc2ccc3ccc4ncc5ccc6ccc1c1c2c3c4c5c61. The molecule has 0 amide bonds. The quantitative estimate of drug-likeness (QED) is 0.236. The first-order chi connectivity index (χ1) is 11.9. The van der Waals surface area contributed by atoms with E-state index in [2.05, 4.69) is 60.7 Å². The van der Waals surface area contributed by atoms with E-state index < -0.39 is 0 Å². The Kier molecular flexibility index (Phi) is 1.65.